The number of anilines is 2. The van der Waals surface area contributed by atoms with Gasteiger partial charge in [-0.25, -0.2) is 50.9 Å². The van der Waals surface area contributed by atoms with Crippen molar-refractivity contribution in [2.75, 3.05) is 96.7 Å². The molecule has 3 N–H and O–H groups in total. The number of hydrogen-bond donors (Lipinski definition) is 2. The molecule has 0 unspecified atom stereocenters. The number of para-hydroxylation sites is 2. The highest BCUT2D eigenvalue weighted by atomic mass is 35.5. The van der Waals surface area contributed by atoms with Crippen LogP contribution in [0, 0.1) is 0 Å². The number of nitrogens with two attached hydrogens (primary N) is 1. The Balaban J connectivity index is 0.000000340. The molecule has 2 amide bonds. The molecule has 0 atom stereocenters. The molecule has 0 radical (unpaired) electrons. The van der Waals surface area contributed by atoms with Crippen LogP contribution in [0.3, 0.4) is 0 Å². The van der Waals surface area contributed by atoms with Crippen molar-refractivity contribution in [2.45, 2.75) is 20.3 Å². The molecule has 29 heteroatoms. The number of benzene rings is 3. The lowest BCUT2D eigenvalue weighted by molar-refractivity contribution is 0.0763. The van der Waals surface area contributed by atoms with Gasteiger partial charge in [0.1, 0.15) is 0 Å². The summed E-state index contributed by atoms with van der Waals surface area (Å²) in [4.78, 5) is 28.1. The first kappa shape index (κ1) is 56.8. The summed E-state index contributed by atoms with van der Waals surface area (Å²) >= 11 is 0. The van der Waals surface area contributed by atoms with Crippen LogP contribution in [-0.2, 0) is 49.2 Å². The molecule has 3 aromatic carbocycles. The Kier molecular flexibility index (Phi) is 18.2. The minimum atomic E-state index is -5.66. The van der Waals surface area contributed by atoms with Gasteiger partial charge < -0.3 is 25.8 Å². The maximum Gasteiger partial charge on any atom is 0.400 e. The molecule has 3 heterocycles. The first-order valence-electron chi connectivity index (χ1n) is 20.2. The van der Waals surface area contributed by atoms with E-state index in [-0.39, 0.29) is 115 Å². The maximum absolute atomic E-state index is 15.1. The van der Waals surface area contributed by atoms with E-state index in [4.69, 9.17) is 5.73 Å². The second-order valence-electron chi connectivity index (χ2n) is 15.3. The number of amides is 2. The molecule has 69 heavy (non-hydrogen) atoms. The van der Waals surface area contributed by atoms with Crippen molar-refractivity contribution in [3.8, 4) is 0 Å². The smallest absolute Gasteiger partial charge is 0.368 e. The molecule has 3 aliphatic rings. The van der Waals surface area contributed by atoms with Crippen LogP contribution in [-0.4, -0.2) is 156 Å². The summed E-state index contributed by atoms with van der Waals surface area (Å²) in [6.45, 7) is -1.93. The molecular weight excluding hydrogens is 1050 g/mol. The van der Waals surface area contributed by atoms with Crippen molar-refractivity contribution >= 4 is 84.8 Å². The van der Waals surface area contributed by atoms with Crippen LogP contribution in [0.4, 0.5) is 37.7 Å². The largest absolute Gasteiger partial charge is 0.400 e. The topological polar surface area (TPSA) is 253 Å². The van der Waals surface area contributed by atoms with Gasteiger partial charge >= 0.3 is 10.5 Å². The molecule has 382 valence electrons. The second-order valence-corrected chi connectivity index (χ2v) is 26.1. The van der Waals surface area contributed by atoms with Crippen molar-refractivity contribution in [2.24, 2.45) is 5.73 Å². The molecule has 3 aliphatic heterocycles. The summed E-state index contributed by atoms with van der Waals surface area (Å²) in [5.74, 6) is -7.58. The normalized spacial score (nSPS) is 18.8. The van der Waals surface area contributed by atoms with Gasteiger partial charge in [0.15, 0.2) is 41.2 Å². The highest BCUT2D eigenvalue weighted by molar-refractivity contribution is 7.93. The minimum absolute atomic E-state index is 0. The van der Waals surface area contributed by atoms with E-state index in [0.717, 1.165) is 12.1 Å². The number of nitrogens with zero attached hydrogens (tertiary/aromatic N) is 3. The van der Waals surface area contributed by atoms with Crippen LogP contribution in [0.15, 0.2) is 106 Å². The maximum atomic E-state index is 15.1. The van der Waals surface area contributed by atoms with E-state index in [1.165, 1.54) is 75.4 Å². The summed E-state index contributed by atoms with van der Waals surface area (Å²) in [7, 11) is -20.9. The Hall–Kier alpha value is -4.74. The van der Waals surface area contributed by atoms with Crippen molar-refractivity contribution in [1.82, 2.24) is 10.2 Å². The van der Waals surface area contributed by atoms with Crippen LogP contribution < -0.4 is 20.9 Å². The molecule has 0 bridgehead atoms. The number of hydrogen-bond acceptors (Lipinski definition) is 15. The highest BCUT2D eigenvalue weighted by Gasteiger charge is 2.53. The van der Waals surface area contributed by atoms with Gasteiger partial charge in [-0.15, -0.1) is 12.4 Å². The van der Waals surface area contributed by atoms with E-state index >= 15 is 8.78 Å². The van der Waals surface area contributed by atoms with Crippen LogP contribution in [0.2, 0.25) is 0 Å². The van der Waals surface area contributed by atoms with E-state index in [0.29, 0.717) is 6.08 Å². The van der Waals surface area contributed by atoms with Gasteiger partial charge in [0.05, 0.1) is 66.8 Å². The zero-order chi connectivity index (χ0) is 50.5. The third-order valence-electron chi connectivity index (χ3n) is 10.8. The highest BCUT2D eigenvalue weighted by Crippen LogP contribution is 2.41. The zero-order valence-electron chi connectivity index (χ0n) is 36.0. The number of nitrogens with one attached hydrogen (secondary N) is 1. The zero-order valence-corrected chi connectivity index (χ0v) is 40.9. The predicted molar refractivity (Wildman–Crippen MR) is 247 cm³/mol. The number of alkyl halides is 4. The van der Waals surface area contributed by atoms with Gasteiger partial charge in [0.25, 0.3) is 31.5 Å². The summed E-state index contributed by atoms with van der Waals surface area (Å²) in [5.41, 5.74) is 4.44. The lowest BCUT2D eigenvalue weighted by Gasteiger charge is -2.30. The predicted octanol–water partition coefficient (Wildman–Crippen LogP) is 2.96. The number of carbonyl (C=O) groups is 2. The average molecular weight is 1100 g/mol. The lowest BCUT2D eigenvalue weighted by atomic mass is 10.1. The van der Waals surface area contributed by atoms with Crippen molar-refractivity contribution in [3.05, 3.63) is 108 Å². The summed E-state index contributed by atoms with van der Waals surface area (Å²) in [6.07, 6.45) is 0.499. The van der Waals surface area contributed by atoms with Crippen LogP contribution in [0.25, 0.3) is 0 Å². The van der Waals surface area contributed by atoms with Gasteiger partial charge in [0, 0.05) is 52.4 Å². The Morgan fingerprint density at radius 1 is 0.580 bits per heavy atom. The Morgan fingerprint density at radius 3 is 1.33 bits per heavy atom. The SMILES string of the molecule is Cl.NC/C=C(\F)C(F)(F)S(=O)(=O)c1ccccc1N1CCS(=O)(=O)CC1.O=C(NC/C=C(\F)C(F)(F)S(=O)(=O)c1ccccc1N1CCS(=O)(=O)CC1)c1ccccc1C(=O)N1CCS(=O)(=O)CC1. The summed E-state index contributed by atoms with van der Waals surface area (Å²) in [5, 5.41) is -7.64. The molecule has 3 saturated heterocycles. The standard InChI is InChI=1S/C26H28F3N3O8S3.C14H17F3N2O4S2.ClH/c27-23(26(28,29)43(39,40)22-8-4-3-7-21(22)31-11-15-41(35,36)16-12-31)9-10-30-24(33)19-5-1-2-6-20(19)25(34)32-13-17-42(37,38)18-14-32;15-13(5-6-18)14(16,17)25(22,23)12-4-2-1-3-11(12)19-7-9-24(20,21)10-8-19;/h1-9H,10-18H2,(H,30,33);1-5H,6-10,18H2;1H/b23-9-;13-5-;. The second kappa shape index (κ2) is 22.1. The molecule has 0 spiro atoms. The Bertz CT molecular complexity index is 3010. The summed E-state index contributed by atoms with van der Waals surface area (Å²) in [6, 6.07) is 15.0. The molecule has 6 rings (SSSR count). The van der Waals surface area contributed by atoms with Gasteiger partial charge in [-0.1, -0.05) is 36.4 Å². The van der Waals surface area contributed by atoms with E-state index in [9.17, 15) is 69.2 Å². The van der Waals surface area contributed by atoms with Gasteiger partial charge in [-0.05, 0) is 48.6 Å². The van der Waals surface area contributed by atoms with Crippen LogP contribution in [0.5, 0.6) is 0 Å². The number of halogens is 7. The summed E-state index contributed by atoms with van der Waals surface area (Å²) < 4.78 is 207. The quantitative estimate of drug-likeness (QED) is 0.234. The third-order valence-corrected chi connectivity index (χ3v) is 19.2. The lowest BCUT2D eigenvalue weighted by Crippen LogP contribution is -2.44. The van der Waals surface area contributed by atoms with E-state index in [1.807, 2.05) is 0 Å². The van der Waals surface area contributed by atoms with Crippen molar-refractivity contribution in [1.29, 1.82) is 0 Å². The minimum Gasteiger partial charge on any atom is -0.368 e. The number of sulfone groups is 5. The fourth-order valence-corrected chi connectivity index (χ4v) is 13.3. The molecular formula is C40H46ClF6N5O12S5. The molecule has 3 aromatic rings. The molecule has 0 aromatic heterocycles. The van der Waals surface area contributed by atoms with Crippen LogP contribution in [0.1, 0.15) is 20.7 Å². The van der Waals surface area contributed by atoms with Crippen molar-refractivity contribution < 1.29 is 78.0 Å². The van der Waals surface area contributed by atoms with Crippen molar-refractivity contribution in [3.63, 3.8) is 0 Å². The number of rotatable bonds is 13. The average Bonchev–Trinajstić information content (AvgIpc) is 3.29. The first-order chi connectivity index (χ1) is 31.6. The van der Waals surface area contributed by atoms with Gasteiger partial charge in [-0.3, -0.25) is 9.59 Å². The van der Waals surface area contributed by atoms with E-state index in [1.54, 1.807) is 0 Å². The molecule has 3 fully saturated rings. The van der Waals surface area contributed by atoms with Crippen LogP contribution >= 0.6 is 12.4 Å². The fraction of sp³-hybridized carbons (Fsp3) is 0.400. The third kappa shape index (κ3) is 13.0. The van der Waals surface area contributed by atoms with E-state index in [2.05, 4.69) is 5.32 Å². The van der Waals surface area contributed by atoms with Gasteiger partial charge in [0.2, 0.25) is 0 Å². The van der Waals surface area contributed by atoms with E-state index < -0.39 is 106 Å². The van der Waals surface area contributed by atoms with Gasteiger partial charge in [-0.2, -0.15) is 17.6 Å². The first-order valence-corrected chi connectivity index (χ1v) is 28.6. The molecule has 0 saturated carbocycles. The number of carbonyl (C=O) groups excluding carboxylic acids is 2. The molecule has 17 nitrogen and oxygen atoms in total. The Labute approximate surface area is 401 Å². The monoisotopic (exact) mass is 1100 g/mol. The fourth-order valence-electron chi connectivity index (χ4n) is 6.95. The molecule has 0 aliphatic carbocycles. The Morgan fingerprint density at radius 2 is 0.928 bits per heavy atom.